The maximum atomic E-state index is 8.91. The summed E-state index contributed by atoms with van der Waals surface area (Å²) in [5.41, 5.74) is 3.47. The van der Waals surface area contributed by atoms with E-state index in [9.17, 15) is 0 Å². The number of fused-ring (bicyclic) bond motifs is 1. The zero-order valence-corrected chi connectivity index (χ0v) is 8.90. The van der Waals surface area contributed by atoms with Gasteiger partial charge in [0.05, 0.1) is 5.71 Å². The molecule has 0 saturated carbocycles. The summed E-state index contributed by atoms with van der Waals surface area (Å²) in [7, 11) is 0. The van der Waals surface area contributed by atoms with Gasteiger partial charge in [-0.2, -0.15) is 0 Å². The Morgan fingerprint density at radius 3 is 2.69 bits per heavy atom. The van der Waals surface area contributed by atoms with E-state index in [4.69, 9.17) is 5.21 Å². The predicted molar refractivity (Wildman–Crippen MR) is 55.0 cm³/mol. The lowest BCUT2D eigenvalue weighted by atomic mass is 10.1. The molecule has 0 radical (unpaired) electrons. The van der Waals surface area contributed by atoms with E-state index in [1.54, 1.807) is 11.3 Å². The number of rotatable bonds is 0. The van der Waals surface area contributed by atoms with Crippen molar-refractivity contribution in [3.63, 3.8) is 0 Å². The first-order valence-electron chi connectivity index (χ1n) is 4.46. The summed E-state index contributed by atoms with van der Waals surface area (Å²) in [6.07, 6.45) is 1.03. The summed E-state index contributed by atoms with van der Waals surface area (Å²) in [5, 5.41) is 12.3. The third-order valence-electron chi connectivity index (χ3n) is 2.73. The van der Waals surface area contributed by atoms with E-state index in [2.05, 4.69) is 25.9 Å². The molecular formula is C10H13NOS. The first kappa shape index (κ1) is 8.75. The van der Waals surface area contributed by atoms with Crippen LogP contribution in [0.25, 0.3) is 0 Å². The number of hydrogen-bond donors (Lipinski definition) is 1. The number of hydrogen-bond acceptors (Lipinski definition) is 3. The molecule has 13 heavy (non-hydrogen) atoms. The fourth-order valence-corrected chi connectivity index (χ4v) is 3.21. The van der Waals surface area contributed by atoms with Gasteiger partial charge in [0.2, 0.25) is 0 Å². The normalized spacial score (nSPS) is 23.9. The summed E-state index contributed by atoms with van der Waals surface area (Å²) in [4.78, 5) is 2.66. The lowest BCUT2D eigenvalue weighted by Gasteiger charge is -2.01. The monoisotopic (exact) mass is 195 g/mol. The highest BCUT2D eigenvalue weighted by atomic mass is 32.1. The second-order valence-electron chi connectivity index (χ2n) is 3.66. The average molecular weight is 195 g/mol. The Morgan fingerprint density at radius 1 is 1.38 bits per heavy atom. The fraction of sp³-hybridized carbons (Fsp3) is 0.500. The molecule has 0 fully saturated rings. The first-order valence-corrected chi connectivity index (χ1v) is 5.28. The highest BCUT2D eigenvalue weighted by Gasteiger charge is 2.30. The SMILES string of the molecule is Cc1sc(C)c2c1CC(C)C2=NO. The van der Waals surface area contributed by atoms with Crippen LogP contribution in [0.5, 0.6) is 0 Å². The lowest BCUT2D eigenvalue weighted by Crippen LogP contribution is -2.06. The van der Waals surface area contributed by atoms with Crippen molar-refractivity contribution < 1.29 is 5.21 Å². The minimum Gasteiger partial charge on any atom is -0.411 e. The highest BCUT2D eigenvalue weighted by molar-refractivity contribution is 7.12. The quantitative estimate of drug-likeness (QED) is 0.501. The average Bonchev–Trinajstić information content (AvgIpc) is 2.52. The van der Waals surface area contributed by atoms with E-state index in [1.165, 1.54) is 20.9 Å². The van der Waals surface area contributed by atoms with Crippen LogP contribution in [0.3, 0.4) is 0 Å². The van der Waals surface area contributed by atoms with E-state index in [-0.39, 0.29) is 0 Å². The van der Waals surface area contributed by atoms with Gasteiger partial charge in [0.1, 0.15) is 0 Å². The number of aryl methyl sites for hydroxylation is 2. The fourth-order valence-electron chi connectivity index (χ4n) is 2.11. The van der Waals surface area contributed by atoms with E-state index in [0.29, 0.717) is 5.92 Å². The van der Waals surface area contributed by atoms with Crippen LogP contribution >= 0.6 is 11.3 Å². The van der Waals surface area contributed by atoms with Gasteiger partial charge in [-0.25, -0.2) is 0 Å². The summed E-state index contributed by atoms with van der Waals surface area (Å²) in [6.45, 7) is 6.35. The predicted octanol–water partition coefficient (Wildman–Crippen LogP) is 2.74. The van der Waals surface area contributed by atoms with Crippen LogP contribution in [0.15, 0.2) is 5.16 Å². The summed E-state index contributed by atoms with van der Waals surface area (Å²) < 4.78 is 0. The van der Waals surface area contributed by atoms with Crippen LogP contribution < -0.4 is 0 Å². The first-order chi connectivity index (χ1) is 6.15. The second-order valence-corrected chi connectivity index (χ2v) is 5.09. The minimum absolute atomic E-state index is 0.376. The molecule has 1 aromatic heterocycles. The maximum absolute atomic E-state index is 8.91. The number of nitrogens with zero attached hydrogens (tertiary/aromatic N) is 1. The summed E-state index contributed by atoms with van der Waals surface area (Å²) >= 11 is 1.80. The molecule has 3 heteroatoms. The molecule has 0 amide bonds. The van der Waals surface area contributed by atoms with Crippen molar-refractivity contribution >= 4 is 17.0 Å². The Labute approximate surface area is 81.9 Å². The van der Waals surface area contributed by atoms with E-state index in [1.807, 2.05) is 0 Å². The molecular weight excluding hydrogens is 182 g/mol. The Bertz CT molecular complexity index is 379. The van der Waals surface area contributed by atoms with Crippen LogP contribution in [0.4, 0.5) is 0 Å². The van der Waals surface area contributed by atoms with Crippen molar-refractivity contribution in [3.8, 4) is 0 Å². The highest BCUT2D eigenvalue weighted by Crippen LogP contribution is 2.37. The topological polar surface area (TPSA) is 32.6 Å². The number of thiophene rings is 1. The van der Waals surface area contributed by atoms with Crippen LogP contribution in [-0.2, 0) is 6.42 Å². The molecule has 1 aromatic rings. The van der Waals surface area contributed by atoms with Crippen molar-refractivity contribution in [2.24, 2.45) is 11.1 Å². The smallest absolute Gasteiger partial charge is 0.0913 e. The van der Waals surface area contributed by atoms with Crippen molar-refractivity contribution in [1.82, 2.24) is 0 Å². The molecule has 1 aliphatic rings. The van der Waals surface area contributed by atoms with Gasteiger partial charge >= 0.3 is 0 Å². The molecule has 0 bridgehead atoms. The zero-order valence-electron chi connectivity index (χ0n) is 8.09. The zero-order chi connectivity index (χ0) is 9.59. The summed E-state index contributed by atoms with van der Waals surface area (Å²) in [6, 6.07) is 0. The van der Waals surface area contributed by atoms with Crippen molar-refractivity contribution in [2.45, 2.75) is 27.2 Å². The van der Waals surface area contributed by atoms with E-state index < -0.39 is 0 Å². The Hall–Kier alpha value is -0.830. The molecule has 1 atom stereocenters. The van der Waals surface area contributed by atoms with Crippen molar-refractivity contribution in [2.75, 3.05) is 0 Å². The third-order valence-corrected chi connectivity index (χ3v) is 3.79. The second kappa shape index (κ2) is 2.84. The van der Waals surface area contributed by atoms with Crippen LogP contribution in [0, 0.1) is 19.8 Å². The van der Waals surface area contributed by atoms with Gasteiger partial charge in [0.25, 0.3) is 0 Å². The standard InChI is InChI=1S/C10H13NOS/c1-5-4-8-6(2)13-7(3)9(8)10(5)11-12/h5,12H,4H2,1-3H3. The van der Waals surface area contributed by atoms with Gasteiger partial charge in [0.15, 0.2) is 0 Å². The third kappa shape index (κ3) is 1.10. The minimum atomic E-state index is 0.376. The van der Waals surface area contributed by atoms with Crippen molar-refractivity contribution in [1.29, 1.82) is 0 Å². The molecule has 0 spiro atoms. The van der Waals surface area contributed by atoms with Gasteiger partial charge < -0.3 is 5.21 Å². The molecule has 0 aromatic carbocycles. The van der Waals surface area contributed by atoms with Crippen LogP contribution in [0.1, 0.15) is 27.8 Å². The molecule has 70 valence electrons. The van der Waals surface area contributed by atoms with E-state index in [0.717, 1.165) is 12.1 Å². The largest absolute Gasteiger partial charge is 0.411 e. The van der Waals surface area contributed by atoms with Crippen LogP contribution in [0.2, 0.25) is 0 Å². The lowest BCUT2D eigenvalue weighted by molar-refractivity contribution is 0.316. The Balaban J connectivity index is 2.63. The molecule has 0 aliphatic heterocycles. The van der Waals surface area contributed by atoms with Gasteiger partial charge in [0, 0.05) is 21.2 Å². The molecule has 1 N–H and O–H groups in total. The van der Waals surface area contributed by atoms with E-state index >= 15 is 0 Å². The van der Waals surface area contributed by atoms with Gasteiger partial charge in [-0.05, 0) is 25.8 Å². The Kier molecular flexibility index (Phi) is 1.91. The van der Waals surface area contributed by atoms with Crippen LogP contribution in [-0.4, -0.2) is 10.9 Å². The van der Waals surface area contributed by atoms with Crippen molar-refractivity contribution in [3.05, 3.63) is 20.9 Å². The summed E-state index contributed by atoms with van der Waals surface area (Å²) in [5.74, 6) is 0.376. The molecule has 1 aliphatic carbocycles. The maximum Gasteiger partial charge on any atom is 0.0913 e. The van der Waals surface area contributed by atoms with Gasteiger partial charge in [-0.1, -0.05) is 12.1 Å². The molecule has 1 unspecified atom stereocenters. The van der Waals surface area contributed by atoms with Gasteiger partial charge in [-0.3, -0.25) is 0 Å². The number of oxime groups is 1. The molecule has 2 rings (SSSR count). The molecule has 2 nitrogen and oxygen atoms in total. The molecule has 1 heterocycles. The van der Waals surface area contributed by atoms with Gasteiger partial charge in [-0.15, -0.1) is 11.3 Å². The Morgan fingerprint density at radius 2 is 2.08 bits per heavy atom. The molecule has 0 saturated heterocycles.